The Kier molecular flexibility index (Phi) is 7.80. The van der Waals surface area contributed by atoms with Gasteiger partial charge in [0.05, 0.1) is 12.2 Å². The van der Waals surface area contributed by atoms with Crippen LogP contribution in [0.3, 0.4) is 0 Å². The van der Waals surface area contributed by atoms with Crippen LogP contribution in [0.1, 0.15) is 27.2 Å². The molecule has 2 unspecified atom stereocenters. The van der Waals surface area contributed by atoms with E-state index in [0.29, 0.717) is 32.8 Å². The number of hydrogen-bond donors (Lipinski definition) is 1. The van der Waals surface area contributed by atoms with Crippen molar-refractivity contribution >= 4 is 5.91 Å². The number of rotatable bonds is 7. The van der Waals surface area contributed by atoms with E-state index in [9.17, 15) is 4.79 Å². The van der Waals surface area contributed by atoms with E-state index in [2.05, 4.69) is 5.32 Å². The van der Waals surface area contributed by atoms with Gasteiger partial charge in [0, 0.05) is 39.0 Å². The molecule has 0 spiro atoms. The normalized spacial score (nSPS) is 22.8. The molecule has 0 aromatic rings. The number of nitriles is 1. The van der Waals surface area contributed by atoms with Crippen LogP contribution in [0, 0.1) is 11.3 Å². The average molecular weight is 295 g/mol. The predicted octanol–water partition coefficient (Wildman–Crippen LogP) is 1.05. The molecule has 118 valence electrons. The molecule has 1 N–H and O–H groups in total. The van der Waals surface area contributed by atoms with E-state index < -0.39 is 0 Å². The van der Waals surface area contributed by atoms with E-state index in [1.54, 1.807) is 4.90 Å². The fourth-order valence-corrected chi connectivity index (χ4v) is 2.25. The molecule has 1 aliphatic rings. The van der Waals surface area contributed by atoms with E-state index in [1.165, 1.54) is 6.20 Å². The van der Waals surface area contributed by atoms with Gasteiger partial charge in [-0.15, -0.1) is 0 Å². The van der Waals surface area contributed by atoms with E-state index in [1.807, 2.05) is 26.8 Å². The van der Waals surface area contributed by atoms with Crippen molar-refractivity contribution in [1.29, 1.82) is 5.26 Å². The van der Waals surface area contributed by atoms with Crippen LogP contribution in [-0.2, 0) is 14.3 Å². The Morgan fingerprint density at radius 3 is 2.71 bits per heavy atom. The summed E-state index contributed by atoms with van der Waals surface area (Å²) in [5, 5.41) is 12.1. The molecule has 1 aliphatic heterocycles. The van der Waals surface area contributed by atoms with E-state index in [4.69, 9.17) is 14.7 Å². The van der Waals surface area contributed by atoms with Crippen LogP contribution in [-0.4, -0.2) is 55.9 Å². The van der Waals surface area contributed by atoms with Crippen LogP contribution in [0.4, 0.5) is 0 Å². The zero-order valence-corrected chi connectivity index (χ0v) is 13.1. The molecule has 2 atom stereocenters. The number of hydrogen-bond acceptors (Lipinski definition) is 5. The van der Waals surface area contributed by atoms with Crippen molar-refractivity contribution in [3.8, 4) is 6.07 Å². The Bertz CT molecular complexity index is 393. The van der Waals surface area contributed by atoms with Crippen molar-refractivity contribution in [3.63, 3.8) is 0 Å². The molecule has 1 fully saturated rings. The van der Waals surface area contributed by atoms with Gasteiger partial charge < -0.3 is 19.7 Å². The molecule has 0 aliphatic carbocycles. The summed E-state index contributed by atoms with van der Waals surface area (Å²) in [5.41, 5.74) is 0.132. The molecule has 1 amide bonds. The van der Waals surface area contributed by atoms with Gasteiger partial charge in [0.1, 0.15) is 11.6 Å². The van der Waals surface area contributed by atoms with Crippen molar-refractivity contribution in [2.75, 3.05) is 32.8 Å². The second-order valence-electron chi connectivity index (χ2n) is 5.14. The second kappa shape index (κ2) is 9.37. The SMILES string of the molecule is CCOCCCN/C=C(/C#N)C(=O)N1CC(C)OC(C)C1. The van der Waals surface area contributed by atoms with Gasteiger partial charge in [-0.2, -0.15) is 5.26 Å². The maximum Gasteiger partial charge on any atom is 0.266 e. The summed E-state index contributed by atoms with van der Waals surface area (Å²) >= 11 is 0. The molecule has 21 heavy (non-hydrogen) atoms. The first-order valence-electron chi connectivity index (χ1n) is 7.44. The van der Waals surface area contributed by atoms with Crippen molar-refractivity contribution in [3.05, 3.63) is 11.8 Å². The lowest BCUT2D eigenvalue weighted by atomic mass is 10.2. The number of morpholine rings is 1. The largest absolute Gasteiger partial charge is 0.390 e. The van der Waals surface area contributed by atoms with E-state index in [-0.39, 0.29) is 23.7 Å². The Morgan fingerprint density at radius 2 is 2.14 bits per heavy atom. The van der Waals surface area contributed by atoms with E-state index >= 15 is 0 Å². The maximum atomic E-state index is 12.3. The fraction of sp³-hybridized carbons (Fsp3) is 0.733. The van der Waals surface area contributed by atoms with Gasteiger partial charge in [-0.3, -0.25) is 4.79 Å². The molecule has 0 aromatic heterocycles. The van der Waals surface area contributed by atoms with Gasteiger partial charge in [-0.1, -0.05) is 0 Å². The van der Waals surface area contributed by atoms with Gasteiger partial charge in [0.15, 0.2) is 0 Å². The van der Waals surface area contributed by atoms with Crippen molar-refractivity contribution in [2.24, 2.45) is 0 Å². The number of amides is 1. The highest BCUT2D eigenvalue weighted by atomic mass is 16.5. The Morgan fingerprint density at radius 1 is 1.48 bits per heavy atom. The van der Waals surface area contributed by atoms with Crippen LogP contribution in [0.25, 0.3) is 0 Å². The molecule has 0 aromatic carbocycles. The Hall–Kier alpha value is -1.58. The monoisotopic (exact) mass is 295 g/mol. The Balaban J connectivity index is 2.47. The summed E-state index contributed by atoms with van der Waals surface area (Å²) < 4.78 is 10.8. The van der Waals surface area contributed by atoms with Crippen LogP contribution in [0.5, 0.6) is 0 Å². The van der Waals surface area contributed by atoms with Crippen molar-refractivity contribution in [2.45, 2.75) is 39.4 Å². The zero-order valence-electron chi connectivity index (χ0n) is 13.1. The van der Waals surface area contributed by atoms with Gasteiger partial charge in [-0.05, 0) is 27.2 Å². The molecular weight excluding hydrogens is 270 g/mol. The average Bonchev–Trinajstić information content (AvgIpc) is 2.45. The maximum absolute atomic E-state index is 12.3. The third-order valence-corrected chi connectivity index (χ3v) is 3.12. The lowest BCUT2D eigenvalue weighted by Crippen LogP contribution is -2.48. The predicted molar refractivity (Wildman–Crippen MR) is 79.4 cm³/mol. The van der Waals surface area contributed by atoms with E-state index in [0.717, 1.165) is 6.42 Å². The van der Waals surface area contributed by atoms with Gasteiger partial charge in [-0.25, -0.2) is 0 Å². The molecule has 0 saturated carbocycles. The van der Waals surface area contributed by atoms with Crippen LogP contribution in [0.15, 0.2) is 11.8 Å². The fourth-order valence-electron chi connectivity index (χ4n) is 2.25. The third-order valence-electron chi connectivity index (χ3n) is 3.12. The van der Waals surface area contributed by atoms with Crippen LogP contribution < -0.4 is 5.32 Å². The lowest BCUT2D eigenvalue weighted by molar-refractivity contribution is -0.138. The summed E-state index contributed by atoms with van der Waals surface area (Å²) in [6, 6.07) is 1.97. The standard InChI is InChI=1S/C15H25N3O3/c1-4-20-7-5-6-17-9-14(8-16)15(19)18-10-12(2)21-13(3)11-18/h9,12-13,17H,4-7,10-11H2,1-3H3/b14-9-. The minimum Gasteiger partial charge on any atom is -0.390 e. The molecule has 6 nitrogen and oxygen atoms in total. The quantitative estimate of drug-likeness (QED) is 0.431. The lowest BCUT2D eigenvalue weighted by Gasteiger charge is -2.35. The van der Waals surface area contributed by atoms with Gasteiger partial charge >= 0.3 is 0 Å². The first-order valence-corrected chi connectivity index (χ1v) is 7.44. The molecule has 0 bridgehead atoms. The number of ether oxygens (including phenoxy) is 2. The van der Waals surface area contributed by atoms with Crippen molar-refractivity contribution < 1.29 is 14.3 Å². The summed E-state index contributed by atoms with van der Waals surface area (Å²) in [7, 11) is 0. The van der Waals surface area contributed by atoms with Crippen LogP contribution in [0.2, 0.25) is 0 Å². The first-order chi connectivity index (χ1) is 10.1. The third kappa shape index (κ3) is 6.15. The van der Waals surface area contributed by atoms with Crippen molar-refractivity contribution in [1.82, 2.24) is 10.2 Å². The summed E-state index contributed by atoms with van der Waals surface area (Å²) in [6.07, 6.45) is 2.33. The number of carbonyl (C=O) groups excluding carboxylic acids is 1. The topological polar surface area (TPSA) is 74.6 Å². The molecule has 0 radical (unpaired) electrons. The minimum atomic E-state index is -0.239. The van der Waals surface area contributed by atoms with Crippen LogP contribution >= 0.6 is 0 Å². The first kappa shape index (κ1) is 17.5. The molecule has 6 heteroatoms. The summed E-state index contributed by atoms with van der Waals surface area (Å²) in [5.74, 6) is -0.239. The molecule has 1 rings (SSSR count). The van der Waals surface area contributed by atoms with Gasteiger partial charge in [0.2, 0.25) is 0 Å². The zero-order chi connectivity index (χ0) is 15.7. The minimum absolute atomic E-state index is 0.00297. The number of nitrogens with zero attached hydrogens (tertiary/aromatic N) is 2. The summed E-state index contributed by atoms with van der Waals surface area (Å²) in [4.78, 5) is 14.0. The number of nitrogens with one attached hydrogen (secondary N) is 1. The molecular formula is C15H25N3O3. The highest BCUT2D eigenvalue weighted by Gasteiger charge is 2.27. The Labute approximate surface area is 126 Å². The second-order valence-corrected chi connectivity index (χ2v) is 5.14. The van der Waals surface area contributed by atoms with Gasteiger partial charge in [0.25, 0.3) is 5.91 Å². The highest BCUT2D eigenvalue weighted by Crippen LogP contribution is 2.13. The molecule has 1 heterocycles. The molecule has 1 saturated heterocycles. The number of carbonyl (C=O) groups is 1. The smallest absolute Gasteiger partial charge is 0.266 e. The summed E-state index contributed by atoms with van der Waals surface area (Å²) in [6.45, 7) is 8.89. The highest BCUT2D eigenvalue weighted by molar-refractivity contribution is 5.97.